The van der Waals surface area contributed by atoms with Crippen LogP contribution < -0.4 is 15.6 Å². The lowest BCUT2D eigenvalue weighted by atomic mass is 9.96. The van der Waals surface area contributed by atoms with Gasteiger partial charge in [0.15, 0.2) is 0 Å². The Labute approximate surface area is 289 Å². The predicted octanol–water partition coefficient (Wildman–Crippen LogP) is 6.50. The summed E-state index contributed by atoms with van der Waals surface area (Å²) in [6, 6.07) is 16.1. The number of fused-ring (bicyclic) bond motifs is 3. The van der Waals surface area contributed by atoms with Crippen LogP contribution in [0.15, 0.2) is 65.7 Å². The van der Waals surface area contributed by atoms with E-state index in [1.807, 2.05) is 50.2 Å². The number of halogens is 1. The van der Waals surface area contributed by atoms with E-state index in [1.165, 1.54) is 10.2 Å². The Morgan fingerprint density at radius 2 is 1.84 bits per heavy atom. The second kappa shape index (κ2) is 12.3. The van der Waals surface area contributed by atoms with Crippen LogP contribution in [0.5, 0.6) is 5.88 Å². The van der Waals surface area contributed by atoms with E-state index in [1.54, 1.807) is 32.6 Å². The predicted molar refractivity (Wildman–Crippen MR) is 189 cm³/mol. The molecule has 1 saturated carbocycles. The number of rotatable bonds is 8. The number of methoxy groups -OCH3 is 1. The van der Waals surface area contributed by atoms with Crippen molar-refractivity contribution in [3.05, 3.63) is 93.0 Å². The molecule has 2 aliphatic carbocycles. The van der Waals surface area contributed by atoms with Gasteiger partial charge in [0, 0.05) is 60.1 Å². The van der Waals surface area contributed by atoms with Crippen LogP contribution in [-0.2, 0) is 23.0 Å². The largest absolute Gasteiger partial charge is 0.481 e. The summed E-state index contributed by atoms with van der Waals surface area (Å²) in [4.78, 5) is 37.3. The number of carbonyl (C=O) groups is 1. The van der Waals surface area contributed by atoms with Gasteiger partial charge in [0.05, 0.1) is 41.9 Å². The molecule has 0 amide bonds. The van der Waals surface area contributed by atoms with Crippen molar-refractivity contribution >= 4 is 39.8 Å². The first-order valence-corrected chi connectivity index (χ1v) is 17.1. The molecule has 2 fully saturated rings. The zero-order valence-corrected chi connectivity index (χ0v) is 28.6. The van der Waals surface area contributed by atoms with Gasteiger partial charge in [-0.3, -0.25) is 14.5 Å². The molecule has 1 N–H and O–H groups in total. The Kier molecular flexibility index (Phi) is 7.88. The minimum atomic E-state index is -0.221. The monoisotopic (exact) mass is 676 g/mol. The average molecular weight is 677 g/mol. The number of piperidine rings is 1. The number of aryl methyl sites for hydroxylation is 2. The van der Waals surface area contributed by atoms with Gasteiger partial charge in [0.25, 0.3) is 5.56 Å². The van der Waals surface area contributed by atoms with E-state index in [0.717, 1.165) is 65.1 Å². The first-order valence-electron chi connectivity index (χ1n) is 16.7. The van der Waals surface area contributed by atoms with Crippen LogP contribution in [-0.4, -0.2) is 57.4 Å². The van der Waals surface area contributed by atoms with Gasteiger partial charge in [-0.25, -0.2) is 14.6 Å². The third-order valence-electron chi connectivity index (χ3n) is 10.6. The highest BCUT2D eigenvalue weighted by molar-refractivity contribution is 6.36. The Bertz CT molecular complexity index is 2190. The fraction of sp³-hybridized carbons (Fsp3) is 0.342. The molecule has 1 aliphatic heterocycles. The molecular formula is C38H37ClN6O4. The quantitative estimate of drug-likeness (QED) is 0.184. The number of hydrogen-bond donors (Lipinski definition) is 1. The van der Waals surface area contributed by atoms with Gasteiger partial charge in [-0.05, 0) is 73.4 Å². The molecule has 10 nitrogen and oxygen atoms in total. The van der Waals surface area contributed by atoms with E-state index in [4.69, 9.17) is 26.1 Å². The molecule has 1 saturated heterocycles. The number of hydrogen-bond acceptors (Lipinski definition) is 9. The summed E-state index contributed by atoms with van der Waals surface area (Å²) < 4.78 is 12.5. The fourth-order valence-corrected chi connectivity index (χ4v) is 8.36. The number of likely N-dealkylation sites (tertiary alicyclic amines) is 1. The third-order valence-corrected chi connectivity index (χ3v) is 11.0. The van der Waals surface area contributed by atoms with Gasteiger partial charge < -0.3 is 14.8 Å². The van der Waals surface area contributed by atoms with E-state index in [9.17, 15) is 9.59 Å². The van der Waals surface area contributed by atoms with Gasteiger partial charge >= 0.3 is 5.97 Å². The van der Waals surface area contributed by atoms with E-state index in [-0.39, 0.29) is 23.5 Å². The highest BCUT2D eigenvalue weighted by Gasteiger charge is 2.61. The lowest BCUT2D eigenvalue weighted by Gasteiger charge is -2.28. The van der Waals surface area contributed by atoms with E-state index in [0.29, 0.717) is 45.9 Å². The minimum Gasteiger partial charge on any atom is -0.481 e. The Morgan fingerprint density at radius 1 is 1.08 bits per heavy atom. The number of nitrogens with one attached hydrogen (secondary N) is 1. The van der Waals surface area contributed by atoms with Gasteiger partial charge in [0.2, 0.25) is 5.88 Å². The first-order chi connectivity index (χ1) is 23.8. The number of esters is 1. The summed E-state index contributed by atoms with van der Waals surface area (Å²) in [7, 11) is 3.30. The molecule has 5 aromatic rings. The van der Waals surface area contributed by atoms with Crippen molar-refractivity contribution in [2.24, 2.45) is 24.8 Å². The number of ether oxygens (including phenoxy) is 2. The van der Waals surface area contributed by atoms with Crippen LogP contribution in [0.3, 0.4) is 0 Å². The molecule has 8 rings (SSSR count). The lowest BCUT2D eigenvalue weighted by molar-refractivity contribution is -0.145. The minimum absolute atomic E-state index is 0.0446. The summed E-state index contributed by atoms with van der Waals surface area (Å²) >= 11 is 7.23. The molecule has 3 aromatic heterocycles. The lowest BCUT2D eigenvalue weighted by Crippen LogP contribution is -2.30. The van der Waals surface area contributed by atoms with Crippen molar-refractivity contribution in [1.82, 2.24) is 24.6 Å². The maximum Gasteiger partial charge on any atom is 0.309 e. The molecule has 0 radical (unpaired) electrons. The standard InChI is InChI=1S/C38H37ClN6O4/c1-5-49-38(47)33-26-18-45(19-27(26)33)30-13-12-21-16-29(43-36(48-4)31(21)30)25-10-6-9-24(34(25)39)23-8-7-11-28(20(23)2)42-35-32-22(14-15-40-35)17-41-44(3)37(32)46/h6-11,14-17,26-27,30,33H,5,12-13,18-19H2,1-4H3,(H,40,42)/t26-,27+,30-,33?/m1/s1. The van der Waals surface area contributed by atoms with Crippen LogP contribution in [0, 0.1) is 24.7 Å². The number of carbonyl (C=O) groups excluding carboxylic acids is 1. The van der Waals surface area contributed by atoms with Crippen molar-refractivity contribution in [3.63, 3.8) is 0 Å². The number of nitrogens with zero attached hydrogens (tertiary/aromatic N) is 5. The van der Waals surface area contributed by atoms with E-state index in [2.05, 4.69) is 26.4 Å². The van der Waals surface area contributed by atoms with Gasteiger partial charge in [-0.1, -0.05) is 41.9 Å². The topological polar surface area (TPSA) is 111 Å². The molecular weight excluding hydrogens is 640 g/mol. The first kappa shape index (κ1) is 31.5. The molecule has 11 heteroatoms. The summed E-state index contributed by atoms with van der Waals surface area (Å²) in [5, 5.41) is 9.33. The summed E-state index contributed by atoms with van der Waals surface area (Å²) in [6.07, 6.45) is 5.24. The molecule has 4 atom stereocenters. The number of pyridine rings is 2. The maximum absolute atomic E-state index is 13.0. The normalized spacial score (nSPS) is 21.0. The van der Waals surface area contributed by atoms with Crippen molar-refractivity contribution in [3.8, 4) is 28.3 Å². The zero-order valence-electron chi connectivity index (χ0n) is 27.9. The molecule has 1 unspecified atom stereocenters. The van der Waals surface area contributed by atoms with Crippen LogP contribution in [0.2, 0.25) is 5.02 Å². The molecule has 0 bridgehead atoms. The van der Waals surface area contributed by atoms with Crippen molar-refractivity contribution in [2.75, 3.05) is 32.1 Å². The van der Waals surface area contributed by atoms with Gasteiger partial charge in [0.1, 0.15) is 5.82 Å². The average Bonchev–Trinajstić information content (AvgIpc) is 3.38. The Balaban J connectivity index is 1.09. The van der Waals surface area contributed by atoms with E-state index >= 15 is 0 Å². The molecule has 49 heavy (non-hydrogen) atoms. The van der Waals surface area contributed by atoms with Crippen molar-refractivity contribution < 1.29 is 14.3 Å². The highest BCUT2D eigenvalue weighted by atomic mass is 35.5. The Hall–Kier alpha value is -4.80. The van der Waals surface area contributed by atoms with Crippen LogP contribution >= 0.6 is 11.6 Å². The second-order valence-corrected chi connectivity index (χ2v) is 13.5. The summed E-state index contributed by atoms with van der Waals surface area (Å²) in [5.74, 6) is 1.87. The SMILES string of the molecule is CCOC(=O)C1[C@H]2CN([C@@H]3CCc4cc(-c5cccc(-c6cccc(Nc7nccc8cnn(C)c(=O)c78)c6C)c5Cl)nc(OC)c43)C[C@@H]12. The van der Waals surface area contributed by atoms with Crippen molar-refractivity contribution in [2.45, 2.75) is 32.7 Å². The number of aromatic nitrogens is 4. The summed E-state index contributed by atoms with van der Waals surface area (Å²) in [6.45, 7) is 6.12. The van der Waals surface area contributed by atoms with Crippen LogP contribution in [0.4, 0.5) is 11.5 Å². The molecule has 4 heterocycles. The van der Waals surface area contributed by atoms with Crippen molar-refractivity contribution in [1.29, 1.82) is 0 Å². The van der Waals surface area contributed by atoms with E-state index < -0.39 is 0 Å². The molecule has 250 valence electrons. The molecule has 2 aromatic carbocycles. The Morgan fingerprint density at radius 3 is 2.61 bits per heavy atom. The molecule has 0 spiro atoms. The van der Waals surface area contributed by atoms with Crippen LogP contribution in [0.1, 0.15) is 36.1 Å². The number of benzene rings is 2. The second-order valence-electron chi connectivity index (χ2n) is 13.2. The third kappa shape index (κ3) is 5.25. The zero-order chi connectivity index (χ0) is 34.0. The van der Waals surface area contributed by atoms with Gasteiger partial charge in [-0.2, -0.15) is 5.10 Å². The number of anilines is 2. The maximum atomic E-state index is 13.0. The van der Waals surface area contributed by atoms with Gasteiger partial charge in [-0.15, -0.1) is 0 Å². The highest BCUT2D eigenvalue weighted by Crippen LogP contribution is 2.56. The van der Waals surface area contributed by atoms with Crippen LogP contribution in [0.25, 0.3) is 33.2 Å². The summed E-state index contributed by atoms with van der Waals surface area (Å²) in [5.41, 5.74) is 7.35. The fourth-order valence-electron chi connectivity index (χ4n) is 8.04. The molecule has 3 aliphatic rings. The smallest absolute Gasteiger partial charge is 0.309 e.